The van der Waals surface area contributed by atoms with E-state index in [-0.39, 0.29) is 0 Å². The summed E-state index contributed by atoms with van der Waals surface area (Å²) in [4.78, 5) is 4.60. The van der Waals surface area contributed by atoms with Gasteiger partial charge in [-0.15, -0.1) is 6.58 Å². The first-order valence-electron chi connectivity index (χ1n) is 5.23. The van der Waals surface area contributed by atoms with Crippen molar-refractivity contribution in [3.63, 3.8) is 0 Å². The van der Waals surface area contributed by atoms with Gasteiger partial charge in [-0.1, -0.05) is 13.0 Å². The van der Waals surface area contributed by atoms with Crippen molar-refractivity contribution in [2.24, 2.45) is 0 Å². The maximum absolute atomic E-state index is 6.06. The lowest BCUT2D eigenvalue weighted by atomic mass is 10.3. The van der Waals surface area contributed by atoms with Crippen LogP contribution in [0.25, 0.3) is 0 Å². The predicted molar refractivity (Wildman–Crippen MR) is 58.2 cm³/mol. The normalized spacial score (nSPS) is 15.8. The topological polar surface area (TPSA) is 43.8 Å². The van der Waals surface area contributed by atoms with Gasteiger partial charge in [0.25, 0.3) is 0 Å². The monoisotopic (exact) mass is 191 g/mol. The molecule has 2 rings (SSSR count). The first-order chi connectivity index (χ1) is 6.77. The first-order valence-corrected chi connectivity index (χ1v) is 5.23. The summed E-state index contributed by atoms with van der Waals surface area (Å²) in [5.74, 6) is 2.57. The smallest absolute Gasteiger partial charge is 0.127 e. The molecule has 1 heterocycles. The molecule has 0 bridgehead atoms. The highest BCUT2D eigenvalue weighted by Gasteiger charge is 2.29. The van der Waals surface area contributed by atoms with Gasteiger partial charge in [0.15, 0.2) is 0 Å². The zero-order valence-electron chi connectivity index (χ0n) is 8.66. The molecule has 0 amide bonds. The second kappa shape index (κ2) is 3.48. The van der Waals surface area contributed by atoms with Gasteiger partial charge in [0.2, 0.25) is 0 Å². The number of imidazole rings is 1. The molecule has 1 aromatic rings. The molecule has 0 spiro atoms. The third-order valence-electron chi connectivity index (χ3n) is 2.71. The van der Waals surface area contributed by atoms with E-state index in [0.29, 0.717) is 5.92 Å². The molecule has 14 heavy (non-hydrogen) atoms. The van der Waals surface area contributed by atoms with Crippen molar-refractivity contribution < 1.29 is 0 Å². The molecule has 2 N–H and O–H groups in total. The fourth-order valence-electron chi connectivity index (χ4n) is 1.79. The number of nitrogens with zero attached hydrogens (tertiary/aromatic N) is 2. The average molecular weight is 191 g/mol. The van der Waals surface area contributed by atoms with Crippen molar-refractivity contribution >= 4 is 5.82 Å². The van der Waals surface area contributed by atoms with Gasteiger partial charge in [-0.3, -0.25) is 0 Å². The number of hydrogen-bond donors (Lipinski definition) is 1. The van der Waals surface area contributed by atoms with E-state index in [1.807, 2.05) is 6.08 Å². The van der Waals surface area contributed by atoms with E-state index in [2.05, 4.69) is 23.1 Å². The number of allylic oxidation sites excluding steroid dienone is 1. The number of nitrogen functional groups attached to an aromatic ring is 1. The minimum atomic E-state index is 0.631. The molecule has 3 nitrogen and oxygen atoms in total. The van der Waals surface area contributed by atoms with Crippen molar-refractivity contribution in [1.29, 1.82) is 0 Å². The zero-order chi connectivity index (χ0) is 10.1. The molecule has 1 aromatic heterocycles. The van der Waals surface area contributed by atoms with Gasteiger partial charge in [-0.05, 0) is 12.8 Å². The standard InChI is InChI=1S/C11H17N3/c1-3-7-14-9(4-2)13-10(11(14)12)8-5-6-8/h3,8H,1,4-7,12H2,2H3. The Kier molecular flexibility index (Phi) is 2.32. The van der Waals surface area contributed by atoms with Gasteiger partial charge in [-0.25, -0.2) is 4.98 Å². The number of aromatic nitrogens is 2. The van der Waals surface area contributed by atoms with Crippen LogP contribution in [0.5, 0.6) is 0 Å². The number of hydrogen-bond acceptors (Lipinski definition) is 2. The van der Waals surface area contributed by atoms with Crippen molar-refractivity contribution in [2.75, 3.05) is 5.73 Å². The van der Waals surface area contributed by atoms with E-state index >= 15 is 0 Å². The van der Waals surface area contributed by atoms with Crippen LogP contribution in [0.1, 0.15) is 37.2 Å². The summed E-state index contributed by atoms with van der Waals surface area (Å²) in [7, 11) is 0. The minimum Gasteiger partial charge on any atom is -0.384 e. The van der Waals surface area contributed by atoms with Crippen molar-refractivity contribution in [1.82, 2.24) is 9.55 Å². The van der Waals surface area contributed by atoms with Crippen LogP contribution in [-0.2, 0) is 13.0 Å². The van der Waals surface area contributed by atoms with Crippen LogP contribution >= 0.6 is 0 Å². The molecule has 1 aliphatic carbocycles. The predicted octanol–water partition coefficient (Wildman–Crippen LogP) is 2.09. The Morgan fingerprint density at radius 3 is 2.86 bits per heavy atom. The molecule has 1 fully saturated rings. The van der Waals surface area contributed by atoms with E-state index in [0.717, 1.165) is 30.3 Å². The molecule has 0 unspecified atom stereocenters. The van der Waals surface area contributed by atoms with E-state index in [1.54, 1.807) is 0 Å². The molecule has 0 aliphatic heterocycles. The summed E-state index contributed by atoms with van der Waals surface area (Å²) in [6.07, 6.45) is 5.30. The Labute approximate surface area is 84.6 Å². The lowest BCUT2D eigenvalue weighted by Gasteiger charge is -2.04. The second-order valence-corrected chi connectivity index (χ2v) is 3.83. The SMILES string of the molecule is C=CCn1c(CC)nc(C2CC2)c1N. The van der Waals surface area contributed by atoms with Crippen LogP contribution in [-0.4, -0.2) is 9.55 Å². The number of aryl methyl sites for hydroxylation is 1. The van der Waals surface area contributed by atoms with Crippen LogP contribution in [0.4, 0.5) is 5.82 Å². The Balaban J connectivity index is 2.38. The van der Waals surface area contributed by atoms with E-state index < -0.39 is 0 Å². The molecular formula is C11H17N3. The maximum Gasteiger partial charge on any atom is 0.127 e. The Morgan fingerprint density at radius 1 is 1.64 bits per heavy atom. The molecule has 3 heteroatoms. The molecule has 1 saturated carbocycles. The van der Waals surface area contributed by atoms with Crippen molar-refractivity contribution in [3.8, 4) is 0 Å². The number of nitrogens with two attached hydrogens (primary N) is 1. The summed E-state index contributed by atoms with van der Waals surface area (Å²) in [5, 5.41) is 0. The summed E-state index contributed by atoms with van der Waals surface area (Å²) < 4.78 is 2.07. The van der Waals surface area contributed by atoms with Gasteiger partial charge in [0, 0.05) is 18.9 Å². The van der Waals surface area contributed by atoms with Crippen molar-refractivity contribution in [3.05, 3.63) is 24.2 Å². The van der Waals surface area contributed by atoms with Gasteiger partial charge in [0.05, 0.1) is 5.69 Å². The zero-order valence-corrected chi connectivity index (χ0v) is 8.66. The van der Waals surface area contributed by atoms with Gasteiger partial charge >= 0.3 is 0 Å². The highest BCUT2D eigenvalue weighted by atomic mass is 15.1. The fourth-order valence-corrected chi connectivity index (χ4v) is 1.79. The highest BCUT2D eigenvalue weighted by Crippen LogP contribution is 2.42. The van der Waals surface area contributed by atoms with Crippen LogP contribution < -0.4 is 5.73 Å². The Hall–Kier alpha value is -1.25. The molecule has 0 atom stereocenters. The molecule has 0 saturated heterocycles. The van der Waals surface area contributed by atoms with Crippen LogP contribution in [0.15, 0.2) is 12.7 Å². The van der Waals surface area contributed by atoms with Crippen LogP contribution in [0.3, 0.4) is 0 Å². The van der Waals surface area contributed by atoms with Gasteiger partial charge in [0.1, 0.15) is 11.6 Å². The Bertz CT molecular complexity index is 348. The molecule has 0 radical (unpaired) electrons. The lowest BCUT2D eigenvalue weighted by Crippen LogP contribution is -2.05. The third kappa shape index (κ3) is 1.43. The third-order valence-corrected chi connectivity index (χ3v) is 2.71. The first kappa shape index (κ1) is 9.31. The average Bonchev–Trinajstić information content (AvgIpc) is 2.96. The van der Waals surface area contributed by atoms with Crippen LogP contribution in [0.2, 0.25) is 0 Å². The maximum atomic E-state index is 6.06. The fraction of sp³-hybridized carbons (Fsp3) is 0.545. The molecule has 0 aromatic carbocycles. The van der Waals surface area contributed by atoms with Crippen LogP contribution in [0, 0.1) is 0 Å². The number of anilines is 1. The number of rotatable bonds is 4. The quantitative estimate of drug-likeness (QED) is 0.740. The highest BCUT2D eigenvalue weighted by molar-refractivity contribution is 5.42. The largest absolute Gasteiger partial charge is 0.384 e. The second-order valence-electron chi connectivity index (χ2n) is 3.83. The van der Waals surface area contributed by atoms with Gasteiger partial charge in [-0.2, -0.15) is 0 Å². The van der Waals surface area contributed by atoms with Gasteiger partial charge < -0.3 is 10.3 Å². The summed E-state index contributed by atoms with van der Waals surface area (Å²) in [6, 6.07) is 0. The summed E-state index contributed by atoms with van der Waals surface area (Å²) >= 11 is 0. The van der Waals surface area contributed by atoms with E-state index in [4.69, 9.17) is 5.73 Å². The summed E-state index contributed by atoms with van der Waals surface area (Å²) in [6.45, 7) is 6.62. The molecular weight excluding hydrogens is 174 g/mol. The lowest BCUT2D eigenvalue weighted by molar-refractivity contribution is 0.757. The van der Waals surface area contributed by atoms with E-state index in [1.165, 1.54) is 12.8 Å². The van der Waals surface area contributed by atoms with E-state index in [9.17, 15) is 0 Å². The van der Waals surface area contributed by atoms with Crippen molar-refractivity contribution in [2.45, 2.75) is 38.6 Å². The molecule has 76 valence electrons. The Morgan fingerprint density at radius 2 is 2.36 bits per heavy atom. The summed E-state index contributed by atoms with van der Waals surface area (Å²) in [5.41, 5.74) is 7.17. The minimum absolute atomic E-state index is 0.631. The molecule has 1 aliphatic rings.